The van der Waals surface area contributed by atoms with E-state index in [1.54, 1.807) is 0 Å². The van der Waals surface area contributed by atoms with Gasteiger partial charge in [0.2, 0.25) is 0 Å². The van der Waals surface area contributed by atoms with Gasteiger partial charge in [0.1, 0.15) is 5.78 Å². The van der Waals surface area contributed by atoms with Crippen molar-refractivity contribution in [3.05, 3.63) is 0 Å². The maximum atomic E-state index is 10.6. The van der Waals surface area contributed by atoms with Gasteiger partial charge in [0.15, 0.2) is 0 Å². The molecule has 0 aromatic rings. The van der Waals surface area contributed by atoms with Crippen molar-refractivity contribution < 1.29 is 25.1 Å². The predicted octanol–water partition coefficient (Wildman–Crippen LogP) is 0.315. The fourth-order valence-electron chi connectivity index (χ4n) is 0.444. The van der Waals surface area contributed by atoms with E-state index in [0.29, 0.717) is 0 Å². The summed E-state index contributed by atoms with van der Waals surface area (Å²) in [6, 6.07) is 0. The minimum absolute atomic E-state index is 0.00966. The predicted molar refractivity (Wildman–Crippen MR) is 31.4 cm³/mol. The summed E-state index contributed by atoms with van der Waals surface area (Å²) in [6.07, 6.45) is 0.277. The van der Waals surface area contributed by atoms with Gasteiger partial charge in [0.25, 0.3) is 0 Å². The molecule has 0 rings (SSSR count). The van der Waals surface area contributed by atoms with Crippen molar-refractivity contribution in [2.75, 3.05) is 13.2 Å². The molecule has 0 saturated heterocycles. The summed E-state index contributed by atoms with van der Waals surface area (Å²) < 4.78 is 0. The maximum Gasteiger partial charge on any atom is 0.137 e. The van der Waals surface area contributed by atoms with Crippen LogP contribution in [0.3, 0.4) is 0 Å². The van der Waals surface area contributed by atoms with Gasteiger partial charge < -0.3 is 0 Å². The lowest BCUT2D eigenvalue weighted by Gasteiger charge is -1.95. The highest BCUT2D eigenvalue weighted by molar-refractivity contribution is 5.78. The largest absolute Gasteiger partial charge is 0.300 e. The Balaban J connectivity index is 3.09. The Hall–Kier alpha value is -0.490. The summed E-state index contributed by atoms with van der Waals surface area (Å²) in [4.78, 5) is 17.9. The van der Waals surface area contributed by atoms with Gasteiger partial charge in [-0.3, -0.25) is 15.3 Å². The smallest absolute Gasteiger partial charge is 0.137 e. The van der Waals surface area contributed by atoms with Crippen LogP contribution >= 0.6 is 0 Å². The fraction of sp³-hybridized carbons (Fsp3) is 0.800. The second kappa shape index (κ2) is 6.63. The zero-order valence-electron chi connectivity index (χ0n) is 5.45. The molecule has 0 heterocycles. The molecule has 0 aromatic carbocycles. The number of carbonyl (C=O) groups is 1. The van der Waals surface area contributed by atoms with Crippen LogP contribution in [-0.4, -0.2) is 29.5 Å². The monoisotopic (exact) mass is 150 g/mol. The molecule has 0 unspecified atom stereocenters. The molecule has 5 nitrogen and oxygen atoms in total. The van der Waals surface area contributed by atoms with Crippen molar-refractivity contribution >= 4 is 5.78 Å². The Morgan fingerprint density at radius 1 is 1.10 bits per heavy atom. The molecular weight excluding hydrogens is 140 g/mol. The van der Waals surface area contributed by atoms with Gasteiger partial charge in [-0.15, -0.1) is 0 Å². The summed E-state index contributed by atoms with van der Waals surface area (Å²) in [7, 11) is 0. The van der Waals surface area contributed by atoms with E-state index in [1.165, 1.54) is 0 Å². The van der Waals surface area contributed by atoms with E-state index in [0.717, 1.165) is 0 Å². The molecule has 0 radical (unpaired) electrons. The van der Waals surface area contributed by atoms with Gasteiger partial charge in [-0.2, -0.15) is 0 Å². The van der Waals surface area contributed by atoms with Crippen molar-refractivity contribution in [1.29, 1.82) is 0 Å². The number of hydrogen-bond donors (Lipinski definition) is 2. The van der Waals surface area contributed by atoms with Crippen LogP contribution in [0.4, 0.5) is 0 Å². The third-order valence-electron chi connectivity index (χ3n) is 0.944. The van der Waals surface area contributed by atoms with Crippen LogP contribution in [0.15, 0.2) is 0 Å². The zero-order valence-corrected chi connectivity index (χ0v) is 5.45. The van der Waals surface area contributed by atoms with E-state index in [4.69, 9.17) is 10.5 Å². The third kappa shape index (κ3) is 5.64. The Morgan fingerprint density at radius 3 is 1.80 bits per heavy atom. The average molecular weight is 150 g/mol. The summed E-state index contributed by atoms with van der Waals surface area (Å²) in [5.41, 5.74) is 0. The van der Waals surface area contributed by atoms with Crippen LogP contribution in [0.2, 0.25) is 0 Å². The minimum atomic E-state index is -0.122. The normalized spacial score (nSPS) is 9.80. The third-order valence-corrected chi connectivity index (χ3v) is 0.944. The van der Waals surface area contributed by atoms with E-state index < -0.39 is 0 Å². The van der Waals surface area contributed by atoms with E-state index in [-0.39, 0.29) is 31.8 Å². The standard InChI is InChI=1S/C5H10O5/c6-5(1-3-9-7)2-4-10-8/h7-8H,1-4H2. The van der Waals surface area contributed by atoms with Crippen molar-refractivity contribution in [2.24, 2.45) is 0 Å². The summed E-state index contributed by atoms with van der Waals surface area (Å²) in [6.45, 7) is -0.0193. The summed E-state index contributed by atoms with van der Waals surface area (Å²) in [5.74, 6) is -0.122. The Labute approximate surface area is 58.0 Å². The van der Waals surface area contributed by atoms with E-state index >= 15 is 0 Å². The maximum absolute atomic E-state index is 10.6. The first-order chi connectivity index (χ1) is 4.81. The lowest BCUT2D eigenvalue weighted by atomic mass is 10.2. The zero-order chi connectivity index (χ0) is 7.82. The van der Waals surface area contributed by atoms with E-state index in [9.17, 15) is 4.79 Å². The van der Waals surface area contributed by atoms with Crippen LogP contribution in [0.25, 0.3) is 0 Å². The van der Waals surface area contributed by atoms with Crippen LogP contribution < -0.4 is 0 Å². The number of ketones is 1. The number of Topliss-reactive ketones (excluding diaryl/α,β-unsaturated/α-hetero) is 1. The van der Waals surface area contributed by atoms with Gasteiger partial charge in [-0.1, -0.05) is 0 Å². The molecular formula is C5H10O5. The molecule has 0 atom stereocenters. The Morgan fingerprint density at radius 2 is 1.50 bits per heavy atom. The summed E-state index contributed by atoms with van der Waals surface area (Å²) >= 11 is 0. The first-order valence-corrected chi connectivity index (χ1v) is 2.85. The highest BCUT2D eigenvalue weighted by Gasteiger charge is 2.00. The van der Waals surface area contributed by atoms with Crippen molar-refractivity contribution in [3.8, 4) is 0 Å². The molecule has 0 aliphatic carbocycles. The molecule has 5 heteroatoms. The van der Waals surface area contributed by atoms with Crippen molar-refractivity contribution in [1.82, 2.24) is 0 Å². The summed E-state index contributed by atoms with van der Waals surface area (Å²) in [5, 5.41) is 15.6. The molecule has 0 fully saturated rings. The van der Waals surface area contributed by atoms with E-state index in [2.05, 4.69) is 9.78 Å². The quantitative estimate of drug-likeness (QED) is 0.421. The Kier molecular flexibility index (Phi) is 6.30. The van der Waals surface area contributed by atoms with Gasteiger partial charge in [-0.05, 0) is 0 Å². The van der Waals surface area contributed by atoms with Gasteiger partial charge >= 0.3 is 0 Å². The van der Waals surface area contributed by atoms with Crippen LogP contribution in [0.5, 0.6) is 0 Å². The second-order valence-electron chi connectivity index (χ2n) is 1.71. The van der Waals surface area contributed by atoms with Gasteiger partial charge in [0.05, 0.1) is 13.2 Å². The number of carbonyl (C=O) groups excluding carboxylic acids is 1. The molecule has 0 spiro atoms. The SMILES string of the molecule is O=C(CCOO)CCOO. The number of hydrogen-bond acceptors (Lipinski definition) is 5. The van der Waals surface area contributed by atoms with Crippen LogP contribution in [-0.2, 0) is 14.6 Å². The molecule has 0 saturated carbocycles. The van der Waals surface area contributed by atoms with E-state index in [1.807, 2.05) is 0 Å². The average Bonchev–Trinajstić information content (AvgIpc) is 1.97. The highest BCUT2D eigenvalue weighted by Crippen LogP contribution is 1.89. The fourth-order valence-corrected chi connectivity index (χ4v) is 0.444. The molecule has 10 heavy (non-hydrogen) atoms. The molecule has 0 aliphatic heterocycles. The molecule has 2 N–H and O–H groups in total. The first-order valence-electron chi connectivity index (χ1n) is 2.85. The molecule has 0 aliphatic rings. The lowest BCUT2D eigenvalue weighted by Crippen LogP contribution is -2.05. The van der Waals surface area contributed by atoms with Crippen molar-refractivity contribution in [3.63, 3.8) is 0 Å². The lowest BCUT2D eigenvalue weighted by molar-refractivity contribution is -0.245. The van der Waals surface area contributed by atoms with Crippen molar-refractivity contribution in [2.45, 2.75) is 12.8 Å². The second-order valence-corrected chi connectivity index (χ2v) is 1.71. The van der Waals surface area contributed by atoms with Gasteiger partial charge in [0, 0.05) is 12.8 Å². The molecule has 0 aromatic heterocycles. The highest BCUT2D eigenvalue weighted by atomic mass is 17.1. The molecule has 60 valence electrons. The van der Waals surface area contributed by atoms with Gasteiger partial charge in [-0.25, -0.2) is 9.78 Å². The molecule has 0 amide bonds. The van der Waals surface area contributed by atoms with Crippen LogP contribution in [0.1, 0.15) is 12.8 Å². The van der Waals surface area contributed by atoms with Crippen LogP contribution in [0, 0.1) is 0 Å². The molecule has 0 bridgehead atoms. The number of rotatable bonds is 6. The topological polar surface area (TPSA) is 76.0 Å². The Bertz CT molecular complexity index is 82.0. The minimum Gasteiger partial charge on any atom is -0.300 e. The first kappa shape index (κ1) is 9.51.